The van der Waals surface area contributed by atoms with E-state index in [0.29, 0.717) is 28.4 Å². The molecule has 0 saturated heterocycles. The second-order valence-electron chi connectivity index (χ2n) is 5.58. The lowest BCUT2D eigenvalue weighted by molar-refractivity contribution is -0.144. The molecule has 0 aromatic heterocycles. The van der Waals surface area contributed by atoms with Crippen molar-refractivity contribution in [1.29, 1.82) is 0 Å². The summed E-state index contributed by atoms with van der Waals surface area (Å²) in [6.45, 7) is 1.42. The third kappa shape index (κ3) is 3.57. The van der Waals surface area contributed by atoms with E-state index in [9.17, 15) is 9.59 Å². The largest absolute Gasteiger partial charge is 0.496 e. The number of aliphatic carboxylic acids is 1. The molecule has 0 amide bonds. The minimum atomic E-state index is -1.08. The molecular weight excluding hydrogens is 404 g/mol. The van der Waals surface area contributed by atoms with Crippen molar-refractivity contribution < 1.29 is 28.9 Å². The molecule has 26 heavy (non-hydrogen) atoms. The van der Waals surface area contributed by atoms with Crippen LogP contribution in [-0.2, 0) is 4.79 Å². The number of benzene rings is 2. The van der Waals surface area contributed by atoms with Crippen LogP contribution in [0.25, 0.3) is 6.08 Å². The Labute approximate surface area is 158 Å². The number of Topliss-reactive ketones (excluding diaryl/α,β-unsaturated/α-hetero) is 1. The van der Waals surface area contributed by atoms with E-state index in [4.69, 9.17) is 19.3 Å². The molecule has 2 aromatic carbocycles. The number of halogens is 1. The van der Waals surface area contributed by atoms with Gasteiger partial charge in [0.2, 0.25) is 5.78 Å². The number of carboxylic acid groups (broad SMARTS) is 1. The van der Waals surface area contributed by atoms with Crippen molar-refractivity contribution in [1.82, 2.24) is 0 Å². The zero-order valence-corrected chi connectivity index (χ0v) is 15.6. The summed E-state index contributed by atoms with van der Waals surface area (Å²) in [5, 5.41) is 8.92. The number of ether oxygens (including phenoxy) is 3. The molecule has 2 aromatic rings. The van der Waals surface area contributed by atoms with Crippen molar-refractivity contribution in [2.45, 2.75) is 13.0 Å². The highest BCUT2D eigenvalue weighted by Crippen LogP contribution is 2.36. The molecule has 0 spiro atoms. The summed E-state index contributed by atoms with van der Waals surface area (Å²) in [4.78, 5) is 23.4. The van der Waals surface area contributed by atoms with Crippen LogP contribution in [0.4, 0.5) is 0 Å². The van der Waals surface area contributed by atoms with E-state index >= 15 is 0 Å². The molecule has 0 radical (unpaired) electrons. The Hall–Kier alpha value is -2.80. The maximum atomic E-state index is 12.5. The fourth-order valence-corrected chi connectivity index (χ4v) is 2.83. The molecular formula is C19H15BrO6. The number of allylic oxidation sites excluding steroid dienone is 1. The molecule has 7 heteroatoms. The lowest BCUT2D eigenvalue weighted by Gasteiger charge is -2.10. The Bertz CT molecular complexity index is 918. The van der Waals surface area contributed by atoms with Crippen molar-refractivity contribution >= 4 is 33.8 Å². The van der Waals surface area contributed by atoms with E-state index in [2.05, 4.69) is 15.9 Å². The topological polar surface area (TPSA) is 82.1 Å². The first-order valence-corrected chi connectivity index (χ1v) is 8.49. The summed E-state index contributed by atoms with van der Waals surface area (Å²) < 4.78 is 17.1. The Morgan fingerprint density at radius 1 is 1.27 bits per heavy atom. The second kappa shape index (κ2) is 7.21. The van der Waals surface area contributed by atoms with E-state index in [-0.39, 0.29) is 11.5 Å². The van der Waals surface area contributed by atoms with Gasteiger partial charge in [0.05, 0.1) is 12.7 Å². The van der Waals surface area contributed by atoms with Crippen LogP contribution in [0.15, 0.2) is 46.6 Å². The fraction of sp³-hybridized carbons (Fsp3) is 0.158. The third-order valence-corrected chi connectivity index (χ3v) is 4.27. The SMILES string of the molecule is COc1ccc(Br)cc1C=C1Oc2cc(OC(C)C(=O)O)ccc2C1=O. The van der Waals surface area contributed by atoms with Gasteiger partial charge in [0, 0.05) is 16.1 Å². The van der Waals surface area contributed by atoms with Gasteiger partial charge < -0.3 is 19.3 Å². The van der Waals surface area contributed by atoms with Gasteiger partial charge in [0.1, 0.15) is 17.2 Å². The number of methoxy groups -OCH3 is 1. The summed E-state index contributed by atoms with van der Waals surface area (Å²) in [5.74, 6) is 0.0509. The Morgan fingerprint density at radius 3 is 2.73 bits per heavy atom. The Kier molecular flexibility index (Phi) is 4.99. The Balaban J connectivity index is 1.90. The van der Waals surface area contributed by atoms with Crippen molar-refractivity contribution in [3.8, 4) is 17.2 Å². The number of hydrogen-bond acceptors (Lipinski definition) is 5. The van der Waals surface area contributed by atoms with Gasteiger partial charge in [0.15, 0.2) is 11.9 Å². The van der Waals surface area contributed by atoms with Crippen molar-refractivity contribution in [2.24, 2.45) is 0 Å². The van der Waals surface area contributed by atoms with E-state index in [1.54, 1.807) is 31.4 Å². The monoisotopic (exact) mass is 418 g/mol. The quantitative estimate of drug-likeness (QED) is 0.740. The summed E-state index contributed by atoms with van der Waals surface area (Å²) in [7, 11) is 1.55. The standard InChI is InChI=1S/C19H15BrO6/c1-10(19(22)23)25-13-4-5-14-16(9-13)26-17(18(14)21)8-11-7-12(20)3-6-15(11)24-2/h3-10H,1-2H3,(H,22,23). The molecule has 1 aliphatic heterocycles. The number of ketones is 1. The molecule has 3 rings (SSSR count). The predicted molar refractivity (Wildman–Crippen MR) is 97.8 cm³/mol. The third-order valence-electron chi connectivity index (χ3n) is 3.78. The summed E-state index contributed by atoms with van der Waals surface area (Å²) in [5.41, 5.74) is 1.08. The van der Waals surface area contributed by atoms with Crippen molar-refractivity contribution in [2.75, 3.05) is 7.11 Å². The zero-order chi connectivity index (χ0) is 18.8. The van der Waals surface area contributed by atoms with Crippen molar-refractivity contribution in [3.63, 3.8) is 0 Å². The van der Waals surface area contributed by atoms with Gasteiger partial charge in [-0.3, -0.25) is 4.79 Å². The van der Waals surface area contributed by atoms with Crippen LogP contribution in [0, 0.1) is 0 Å². The molecule has 0 saturated carbocycles. The molecule has 0 fully saturated rings. The average molecular weight is 419 g/mol. The van der Waals surface area contributed by atoms with Gasteiger partial charge in [0.25, 0.3) is 0 Å². The number of fused-ring (bicyclic) bond motifs is 1. The van der Waals surface area contributed by atoms with Gasteiger partial charge in [-0.1, -0.05) is 15.9 Å². The van der Waals surface area contributed by atoms with Crippen LogP contribution in [0.2, 0.25) is 0 Å². The number of carbonyl (C=O) groups is 2. The van der Waals surface area contributed by atoms with Crippen LogP contribution >= 0.6 is 15.9 Å². The first-order valence-electron chi connectivity index (χ1n) is 7.70. The van der Waals surface area contributed by atoms with E-state index in [0.717, 1.165) is 4.47 Å². The van der Waals surface area contributed by atoms with Crippen LogP contribution in [0.1, 0.15) is 22.8 Å². The maximum absolute atomic E-state index is 12.5. The summed E-state index contributed by atoms with van der Waals surface area (Å²) in [6.07, 6.45) is 0.595. The molecule has 1 N–H and O–H groups in total. The molecule has 1 unspecified atom stereocenters. The molecule has 0 aliphatic carbocycles. The number of rotatable bonds is 5. The molecule has 134 valence electrons. The molecule has 6 nitrogen and oxygen atoms in total. The summed E-state index contributed by atoms with van der Waals surface area (Å²) >= 11 is 3.39. The van der Waals surface area contributed by atoms with Gasteiger partial charge in [-0.05, 0) is 43.3 Å². The minimum Gasteiger partial charge on any atom is -0.496 e. The van der Waals surface area contributed by atoms with Crippen LogP contribution < -0.4 is 14.2 Å². The number of carbonyl (C=O) groups excluding carboxylic acids is 1. The summed E-state index contributed by atoms with van der Waals surface area (Å²) in [6, 6.07) is 10.0. The normalized spacial score (nSPS) is 15.3. The van der Waals surface area contributed by atoms with E-state index < -0.39 is 12.1 Å². The lowest BCUT2D eigenvalue weighted by atomic mass is 10.1. The van der Waals surface area contributed by atoms with Gasteiger partial charge >= 0.3 is 5.97 Å². The van der Waals surface area contributed by atoms with E-state index in [1.165, 1.54) is 13.0 Å². The Morgan fingerprint density at radius 2 is 2.04 bits per heavy atom. The average Bonchev–Trinajstić information content (AvgIpc) is 2.90. The highest BCUT2D eigenvalue weighted by Gasteiger charge is 2.28. The smallest absolute Gasteiger partial charge is 0.344 e. The second-order valence-corrected chi connectivity index (χ2v) is 6.50. The number of hydrogen-bond donors (Lipinski definition) is 1. The van der Waals surface area contributed by atoms with Gasteiger partial charge in [-0.2, -0.15) is 0 Å². The molecule has 0 bridgehead atoms. The van der Waals surface area contributed by atoms with Crippen LogP contribution in [0.5, 0.6) is 17.2 Å². The zero-order valence-electron chi connectivity index (χ0n) is 14.0. The highest BCUT2D eigenvalue weighted by molar-refractivity contribution is 9.10. The first kappa shape index (κ1) is 18.0. The van der Waals surface area contributed by atoms with Crippen LogP contribution in [-0.4, -0.2) is 30.1 Å². The van der Waals surface area contributed by atoms with Crippen LogP contribution in [0.3, 0.4) is 0 Å². The fourth-order valence-electron chi connectivity index (χ4n) is 2.45. The lowest BCUT2D eigenvalue weighted by Crippen LogP contribution is -2.22. The minimum absolute atomic E-state index is 0.153. The number of carboxylic acids is 1. The maximum Gasteiger partial charge on any atom is 0.344 e. The first-order chi connectivity index (χ1) is 12.4. The molecule has 1 aliphatic rings. The highest BCUT2D eigenvalue weighted by atomic mass is 79.9. The molecule has 1 heterocycles. The van der Waals surface area contributed by atoms with E-state index in [1.807, 2.05) is 12.1 Å². The van der Waals surface area contributed by atoms with Gasteiger partial charge in [-0.25, -0.2) is 4.79 Å². The van der Waals surface area contributed by atoms with Crippen molar-refractivity contribution in [3.05, 3.63) is 57.8 Å². The molecule has 1 atom stereocenters. The van der Waals surface area contributed by atoms with Gasteiger partial charge in [-0.15, -0.1) is 0 Å². The predicted octanol–water partition coefficient (Wildman–Crippen LogP) is 3.93.